The molecule has 2 amide bonds. The molecule has 0 saturated carbocycles. The summed E-state index contributed by atoms with van der Waals surface area (Å²) in [5.74, 6) is -1.57. The van der Waals surface area contributed by atoms with Crippen molar-refractivity contribution >= 4 is 34.2 Å². The molecule has 0 aliphatic rings. The van der Waals surface area contributed by atoms with E-state index in [0.717, 1.165) is 17.0 Å². The van der Waals surface area contributed by atoms with Crippen molar-refractivity contribution in [2.45, 2.75) is 25.7 Å². The molecule has 14 heteroatoms. The lowest BCUT2D eigenvalue weighted by molar-refractivity contribution is -0.145. The van der Waals surface area contributed by atoms with Gasteiger partial charge in [-0.05, 0) is 25.1 Å². The molecule has 0 fully saturated rings. The van der Waals surface area contributed by atoms with Gasteiger partial charge in [0.2, 0.25) is 0 Å². The van der Waals surface area contributed by atoms with E-state index >= 15 is 0 Å². The van der Waals surface area contributed by atoms with Crippen LogP contribution in [0.15, 0.2) is 49.2 Å². The van der Waals surface area contributed by atoms with Crippen LogP contribution in [0.25, 0.3) is 10.9 Å². The Morgan fingerprint density at radius 2 is 1.83 bits per heavy atom. The monoisotopic (exact) mass is 499 g/mol. The number of aryl methyl sites for hydroxylation is 1. The van der Waals surface area contributed by atoms with Gasteiger partial charge in [0.1, 0.15) is 17.2 Å². The number of rotatable bonds is 5. The fourth-order valence-corrected chi connectivity index (χ4v) is 3.52. The van der Waals surface area contributed by atoms with Gasteiger partial charge in [0.05, 0.1) is 41.9 Å². The average Bonchev–Trinajstić information content (AvgIpc) is 3.26. The third kappa shape index (κ3) is 4.92. The number of anilines is 2. The van der Waals surface area contributed by atoms with Gasteiger partial charge in [0.15, 0.2) is 0 Å². The zero-order chi connectivity index (χ0) is 26.0. The lowest BCUT2D eigenvalue weighted by Gasteiger charge is -2.27. The number of hydrogen-bond donors (Lipinski definition) is 2. The van der Waals surface area contributed by atoms with E-state index in [1.807, 2.05) is 0 Å². The number of fused-ring (bicyclic) bond motifs is 1. The van der Waals surface area contributed by atoms with Crippen molar-refractivity contribution in [2.24, 2.45) is 7.05 Å². The quantitative estimate of drug-likeness (QED) is 0.399. The van der Waals surface area contributed by atoms with Crippen LogP contribution in [0, 0.1) is 0 Å². The number of nitrogens with zero attached hydrogens (tertiary/aromatic N) is 7. The van der Waals surface area contributed by atoms with E-state index in [9.17, 15) is 22.8 Å². The molecule has 0 aliphatic heterocycles. The smallest absolute Gasteiger partial charge is 0.382 e. The molecule has 4 aromatic heterocycles. The molecule has 4 heterocycles. The Balaban J connectivity index is 1.63. The van der Waals surface area contributed by atoms with Crippen LogP contribution in [0.5, 0.6) is 0 Å². The fourth-order valence-electron chi connectivity index (χ4n) is 3.52. The van der Waals surface area contributed by atoms with Crippen LogP contribution < -0.4 is 11.1 Å². The molecular formula is C22H20F3N9O2. The van der Waals surface area contributed by atoms with Gasteiger partial charge in [-0.25, -0.2) is 15.0 Å². The lowest BCUT2D eigenvalue weighted by atomic mass is 10.2. The second-order valence-electron chi connectivity index (χ2n) is 7.79. The van der Waals surface area contributed by atoms with Gasteiger partial charge >= 0.3 is 18.0 Å². The number of pyridine rings is 2. The number of hydrogen-bond acceptors (Lipinski definition) is 8. The second kappa shape index (κ2) is 9.56. The molecule has 0 bridgehead atoms. The van der Waals surface area contributed by atoms with E-state index in [4.69, 9.17) is 5.73 Å². The molecule has 0 spiro atoms. The number of nitrogens with one attached hydrogen (secondary N) is 1. The maximum atomic E-state index is 13.3. The molecule has 0 aromatic carbocycles. The van der Waals surface area contributed by atoms with Crippen LogP contribution in [0.1, 0.15) is 30.0 Å². The number of halogens is 3. The number of alkyl halides is 3. The molecule has 0 radical (unpaired) electrons. The first kappa shape index (κ1) is 24.5. The number of carbonyl (C=O) groups excluding carboxylic acids is 2. The minimum atomic E-state index is -4.56. The zero-order valence-corrected chi connectivity index (χ0v) is 19.1. The maximum absolute atomic E-state index is 13.3. The first-order chi connectivity index (χ1) is 17.1. The van der Waals surface area contributed by atoms with Gasteiger partial charge in [-0.1, -0.05) is 0 Å². The normalized spacial score (nSPS) is 12.4. The molecule has 1 atom stereocenters. The van der Waals surface area contributed by atoms with E-state index in [0.29, 0.717) is 17.1 Å². The van der Waals surface area contributed by atoms with Gasteiger partial charge in [-0.15, -0.1) is 0 Å². The van der Waals surface area contributed by atoms with Crippen molar-refractivity contribution < 1.29 is 22.8 Å². The van der Waals surface area contributed by atoms with Crippen molar-refractivity contribution in [3.05, 3.63) is 66.3 Å². The van der Waals surface area contributed by atoms with E-state index in [2.05, 4.69) is 30.4 Å². The molecule has 0 unspecified atom stereocenters. The third-order valence-corrected chi connectivity index (χ3v) is 5.42. The Labute approximate surface area is 202 Å². The molecule has 3 N–H and O–H groups in total. The second-order valence-corrected chi connectivity index (χ2v) is 7.79. The highest BCUT2D eigenvalue weighted by molar-refractivity contribution is 6.40. The van der Waals surface area contributed by atoms with Gasteiger partial charge in [-0.3, -0.25) is 19.3 Å². The number of amides is 2. The topological polar surface area (TPSA) is 145 Å². The minimum absolute atomic E-state index is 0.135. The Morgan fingerprint density at radius 1 is 1.11 bits per heavy atom. The molecule has 4 aromatic rings. The first-order valence-corrected chi connectivity index (χ1v) is 10.5. The highest BCUT2D eigenvalue weighted by atomic mass is 19.4. The fraction of sp³-hybridized carbons (Fsp3) is 0.227. The third-order valence-electron chi connectivity index (χ3n) is 5.42. The Bertz CT molecular complexity index is 1410. The summed E-state index contributed by atoms with van der Waals surface area (Å²) in [6.07, 6.45) is 1.82. The van der Waals surface area contributed by atoms with Crippen LogP contribution in [0.2, 0.25) is 0 Å². The maximum Gasteiger partial charge on any atom is 0.417 e. The summed E-state index contributed by atoms with van der Waals surface area (Å²) < 4.78 is 40.2. The summed E-state index contributed by atoms with van der Waals surface area (Å²) in [4.78, 5) is 43.5. The van der Waals surface area contributed by atoms with Crippen LogP contribution in [0.4, 0.5) is 24.7 Å². The van der Waals surface area contributed by atoms with Gasteiger partial charge < -0.3 is 16.0 Å². The number of carbonyl (C=O) groups is 2. The summed E-state index contributed by atoms with van der Waals surface area (Å²) >= 11 is 0. The number of nitrogens with two attached hydrogens (primary N) is 1. The highest BCUT2D eigenvalue weighted by Crippen LogP contribution is 2.29. The SMILES string of the molecule is C[C@H](c1ncccn1)N(Cc1ccc(C(F)(F)F)cn1)C(=O)C(=O)Nc1cnc(N)c2c1cnn2C. The summed E-state index contributed by atoms with van der Waals surface area (Å²) in [6, 6.07) is 2.77. The molecule has 186 valence electrons. The summed E-state index contributed by atoms with van der Waals surface area (Å²) in [7, 11) is 1.65. The first-order valence-electron chi connectivity index (χ1n) is 10.5. The molecule has 36 heavy (non-hydrogen) atoms. The van der Waals surface area contributed by atoms with Crippen LogP contribution in [0.3, 0.4) is 0 Å². The average molecular weight is 499 g/mol. The minimum Gasteiger partial charge on any atom is -0.382 e. The zero-order valence-electron chi connectivity index (χ0n) is 19.1. The highest BCUT2D eigenvalue weighted by Gasteiger charge is 2.32. The molecule has 0 aliphatic carbocycles. The van der Waals surface area contributed by atoms with E-state index in [1.165, 1.54) is 29.5 Å². The Kier molecular flexibility index (Phi) is 6.51. The van der Waals surface area contributed by atoms with E-state index in [-0.39, 0.29) is 29.6 Å². The number of aromatic nitrogens is 6. The number of nitrogen functional groups attached to an aromatic ring is 1. The standard InChI is InChI=1S/C22H20F3N9O2/c1-12(19-27-6-3-7-28-19)34(11-14-5-4-13(8-29-14)22(23,24)25)21(36)20(35)32-16-10-30-18(26)17-15(16)9-31-33(17)2/h3-10,12H,11H2,1-2H3,(H2,26,30)(H,32,35)/t12-/m1/s1. The summed E-state index contributed by atoms with van der Waals surface area (Å²) in [6.45, 7) is 1.32. The Morgan fingerprint density at radius 3 is 2.47 bits per heavy atom. The van der Waals surface area contributed by atoms with Crippen molar-refractivity contribution in [3.63, 3.8) is 0 Å². The summed E-state index contributed by atoms with van der Waals surface area (Å²) in [5, 5.41) is 7.09. The summed E-state index contributed by atoms with van der Waals surface area (Å²) in [5.41, 5.74) is 5.77. The predicted molar refractivity (Wildman–Crippen MR) is 122 cm³/mol. The van der Waals surface area contributed by atoms with Gasteiger partial charge in [0.25, 0.3) is 0 Å². The van der Waals surface area contributed by atoms with Gasteiger partial charge in [0, 0.05) is 31.0 Å². The molecular weight excluding hydrogens is 479 g/mol. The van der Waals surface area contributed by atoms with Crippen molar-refractivity contribution in [1.29, 1.82) is 0 Å². The van der Waals surface area contributed by atoms with Crippen molar-refractivity contribution in [1.82, 2.24) is 34.6 Å². The van der Waals surface area contributed by atoms with Crippen molar-refractivity contribution in [2.75, 3.05) is 11.1 Å². The molecule has 0 saturated heterocycles. The van der Waals surface area contributed by atoms with Crippen molar-refractivity contribution in [3.8, 4) is 0 Å². The van der Waals surface area contributed by atoms with E-state index < -0.39 is 29.6 Å². The van der Waals surface area contributed by atoms with Crippen LogP contribution in [-0.4, -0.2) is 46.4 Å². The predicted octanol–water partition coefficient (Wildman–Crippen LogP) is 2.48. The largest absolute Gasteiger partial charge is 0.417 e. The molecule has 11 nitrogen and oxygen atoms in total. The molecule has 4 rings (SSSR count). The Hall–Kier alpha value is -4.62. The van der Waals surface area contributed by atoms with E-state index in [1.54, 1.807) is 20.0 Å². The van der Waals surface area contributed by atoms with Crippen LogP contribution in [-0.2, 0) is 29.4 Å². The lowest BCUT2D eigenvalue weighted by Crippen LogP contribution is -2.41. The van der Waals surface area contributed by atoms with Gasteiger partial charge in [-0.2, -0.15) is 18.3 Å². The van der Waals surface area contributed by atoms with Crippen LogP contribution >= 0.6 is 0 Å².